The highest BCUT2D eigenvalue weighted by Gasteiger charge is 2.20. The van der Waals surface area contributed by atoms with Gasteiger partial charge in [-0.1, -0.05) is 78.9 Å². The van der Waals surface area contributed by atoms with Crippen LogP contribution in [0.1, 0.15) is 0 Å². The molecule has 0 aliphatic rings. The summed E-state index contributed by atoms with van der Waals surface area (Å²) in [5.41, 5.74) is 10.1. The molecule has 4 heteroatoms. The molecule has 0 unspecified atom stereocenters. The Hall–Kier alpha value is -6.36. The number of hydrogen-bond acceptors (Lipinski definition) is 4. The minimum atomic E-state index is 0.829. The second-order valence-corrected chi connectivity index (χ2v) is 14.2. The van der Waals surface area contributed by atoms with Crippen LogP contribution in [0.2, 0.25) is 0 Å². The smallest absolute Gasteiger partial charge is 0.139 e. The van der Waals surface area contributed by atoms with Crippen molar-refractivity contribution in [3.8, 4) is 22.3 Å². The van der Waals surface area contributed by atoms with Crippen molar-refractivity contribution in [1.82, 2.24) is 0 Å². The zero-order valence-electron chi connectivity index (χ0n) is 26.5. The van der Waals surface area contributed by atoms with Gasteiger partial charge in [-0.2, -0.15) is 0 Å². The standard InChI is InChI=1S/C46H24O3S/c1-3-10-31-29(8-1)45(26-13-15-39-33(20-26)35-19-25-17-18-50-44(25)24-43(35)49-39)30-9-2-4-11-32(30)46(31)27-14-16-40-34(21-27)37-22-36-28-7-5-6-12-38(28)47-41(36)23-42(37)48-40/h1-24H. The Kier molecular flexibility index (Phi) is 5.12. The van der Waals surface area contributed by atoms with E-state index < -0.39 is 0 Å². The van der Waals surface area contributed by atoms with Gasteiger partial charge in [0.25, 0.3) is 0 Å². The van der Waals surface area contributed by atoms with Gasteiger partial charge in [-0.25, -0.2) is 0 Å². The lowest BCUT2D eigenvalue weighted by molar-refractivity contribution is 0.656. The van der Waals surface area contributed by atoms with Gasteiger partial charge in [0, 0.05) is 43.1 Å². The topological polar surface area (TPSA) is 39.4 Å². The number of thiophene rings is 1. The van der Waals surface area contributed by atoms with Crippen molar-refractivity contribution in [2.75, 3.05) is 0 Å². The van der Waals surface area contributed by atoms with E-state index in [1.165, 1.54) is 48.3 Å². The summed E-state index contributed by atoms with van der Waals surface area (Å²) in [5, 5.41) is 15.0. The van der Waals surface area contributed by atoms with Gasteiger partial charge in [0.1, 0.15) is 33.5 Å². The first-order chi connectivity index (χ1) is 24.7. The Morgan fingerprint density at radius 3 is 1.38 bits per heavy atom. The van der Waals surface area contributed by atoms with Crippen LogP contribution in [0.3, 0.4) is 0 Å². The van der Waals surface area contributed by atoms with Crippen LogP contribution in [-0.2, 0) is 0 Å². The first-order valence-corrected chi connectivity index (χ1v) is 17.7. The Balaban J connectivity index is 1.12. The SMILES string of the molecule is c1ccc2c(c1)oc1cc3oc4ccc(-c5c6ccccc6c(-c6ccc7oc8cc9sccc9cc8c7c6)c6ccccc56)cc4c3cc12. The molecular weight excluding hydrogens is 633 g/mol. The first kappa shape index (κ1) is 26.6. The fraction of sp³-hybridized carbons (Fsp3) is 0. The molecule has 0 aliphatic carbocycles. The molecule has 0 N–H and O–H groups in total. The summed E-state index contributed by atoms with van der Waals surface area (Å²) in [4.78, 5) is 0. The normalized spacial score (nSPS) is 12.4. The van der Waals surface area contributed by atoms with Crippen LogP contribution in [0.5, 0.6) is 0 Å². The number of rotatable bonds is 2. The minimum absolute atomic E-state index is 0.829. The van der Waals surface area contributed by atoms with Gasteiger partial charge in [-0.15, -0.1) is 11.3 Å². The largest absolute Gasteiger partial charge is 0.456 e. The van der Waals surface area contributed by atoms with Crippen LogP contribution >= 0.6 is 11.3 Å². The minimum Gasteiger partial charge on any atom is -0.456 e. The maximum atomic E-state index is 6.41. The van der Waals surface area contributed by atoms with E-state index in [9.17, 15) is 0 Å². The Labute approximate surface area is 288 Å². The van der Waals surface area contributed by atoms with Crippen LogP contribution in [-0.4, -0.2) is 0 Å². The first-order valence-electron chi connectivity index (χ1n) is 16.8. The van der Waals surface area contributed by atoms with E-state index >= 15 is 0 Å². The van der Waals surface area contributed by atoms with Gasteiger partial charge in [-0.05, 0) is 109 Å². The van der Waals surface area contributed by atoms with E-state index in [1.807, 2.05) is 18.2 Å². The van der Waals surface area contributed by atoms with E-state index in [-0.39, 0.29) is 0 Å². The van der Waals surface area contributed by atoms with Gasteiger partial charge in [0.15, 0.2) is 0 Å². The second-order valence-electron chi connectivity index (χ2n) is 13.2. The van der Waals surface area contributed by atoms with Gasteiger partial charge in [-0.3, -0.25) is 0 Å². The monoisotopic (exact) mass is 656 g/mol. The molecule has 0 radical (unpaired) electrons. The highest BCUT2D eigenvalue weighted by Crippen LogP contribution is 2.46. The zero-order valence-corrected chi connectivity index (χ0v) is 27.3. The van der Waals surface area contributed by atoms with Crippen molar-refractivity contribution in [1.29, 1.82) is 0 Å². The average Bonchev–Trinajstić information content (AvgIpc) is 3.93. The predicted octanol–water partition coefficient (Wildman–Crippen LogP) is 14.2. The van der Waals surface area contributed by atoms with E-state index in [2.05, 4.69) is 127 Å². The highest BCUT2D eigenvalue weighted by molar-refractivity contribution is 7.17. The highest BCUT2D eigenvalue weighted by atomic mass is 32.1. The molecule has 0 saturated heterocycles. The summed E-state index contributed by atoms with van der Waals surface area (Å²) in [6.45, 7) is 0. The number of benzene rings is 8. The fourth-order valence-corrected chi connectivity index (χ4v) is 9.09. The molecule has 3 nitrogen and oxygen atoms in total. The van der Waals surface area contributed by atoms with E-state index in [0.717, 1.165) is 71.4 Å². The Morgan fingerprint density at radius 2 is 0.780 bits per heavy atom. The number of fused-ring (bicyclic) bond motifs is 12. The van der Waals surface area contributed by atoms with Gasteiger partial charge in [0.05, 0.1) is 0 Å². The molecule has 0 aliphatic heterocycles. The molecule has 0 fully saturated rings. The number of hydrogen-bond donors (Lipinski definition) is 0. The van der Waals surface area contributed by atoms with Crippen molar-refractivity contribution in [2.45, 2.75) is 0 Å². The molecule has 12 rings (SSSR count). The third-order valence-electron chi connectivity index (χ3n) is 10.5. The van der Waals surface area contributed by atoms with Crippen molar-refractivity contribution in [3.05, 3.63) is 145 Å². The fourth-order valence-electron chi connectivity index (χ4n) is 8.29. The lowest BCUT2D eigenvalue weighted by atomic mass is 9.85. The van der Waals surface area contributed by atoms with Gasteiger partial charge >= 0.3 is 0 Å². The summed E-state index contributed by atoms with van der Waals surface area (Å²) in [7, 11) is 0. The third-order valence-corrected chi connectivity index (χ3v) is 11.4. The molecule has 232 valence electrons. The van der Waals surface area contributed by atoms with Crippen LogP contribution in [0.15, 0.2) is 158 Å². The number of para-hydroxylation sites is 1. The van der Waals surface area contributed by atoms with E-state index in [4.69, 9.17) is 13.3 Å². The molecule has 0 amide bonds. The van der Waals surface area contributed by atoms with Crippen LogP contribution < -0.4 is 0 Å². The van der Waals surface area contributed by atoms with Crippen molar-refractivity contribution in [2.24, 2.45) is 0 Å². The summed E-state index contributed by atoms with van der Waals surface area (Å²) < 4.78 is 20.2. The lowest BCUT2D eigenvalue weighted by Crippen LogP contribution is -1.90. The van der Waals surface area contributed by atoms with Gasteiger partial charge < -0.3 is 13.3 Å². The summed E-state index contributed by atoms with van der Waals surface area (Å²) in [6.07, 6.45) is 0. The molecule has 0 atom stereocenters. The molecular formula is C46H24O3S. The van der Waals surface area contributed by atoms with Gasteiger partial charge in [0.2, 0.25) is 0 Å². The molecule has 8 aromatic carbocycles. The third kappa shape index (κ3) is 3.58. The molecule has 50 heavy (non-hydrogen) atoms. The van der Waals surface area contributed by atoms with Crippen molar-refractivity contribution >= 4 is 109 Å². The molecule has 12 aromatic rings. The quantitative estimate of drug-likeness (QED) is 0.174. The second kappa shape index (κ2) is 9.63. The molecule has 4 heterocycles. The van der Waals surface area contributed by atoms with Crippen LogP contribution in [0.25, 0.3) is 120 Å². The summed E-state index contributed by atoms with van der Waals surface area (Å²) in [5.74, 6) is 0. The maximum absolute atomic E-state index is 6.41. The maximum Gasteiger partial charge on any atom is 0.139 e. The molecule has 0 bridgehead atoms. The van der Waals surface area contributed by atoms with E-state index in [1.54, 1.807) is 11.3 Å². The Bertz CT molecular complexity index is 3330. The molecule has 0 spiro atoms. The zero-order chi connectivity index (χ0) is 32.5. The lowest BCUT2D eigenvalue weighted by Gasteiger charge is -2.18. The molecule has 4 aromatic heterocycles. The van der Waals surface area contributed by atoms with Crippen molar-refractivity contribution < 1.29 is 13.3 Å². The summed E-state index contributed by atoms with van der Waals surface area (Å²) >= 11 is 1.75. The van der Waals surface area contributed by atoms with E-state index in [0.29, 0.717) is 0 Å². The summed E-state index contributed by atoms with van der Waals surface area (Å²) in [6, 6.07) is 50.0. The van der Waals surface area contributed by atoms with Crippen LogP contribution in [0.4, 0.5) is 0 Å². The Morgan fingerprint density at radius 1 is 0.320 bits per heavy atom. The van der Waals surface area contributed by atoms with Crippen molar-refractivity contribution in [3.63, 3.8) is 0 Å². The van der Waals surface area contributed by atoms with Crippen LogP contribution in [0, 0.1) is 0 Å². The molecule has 0 saturated carbocycles. The average molecular weight is 657 g/mol. The number of furan rings is 3. The predicted molar refractivity (Wildman–Crippen MR) is 210 cm³/mol.